The van der Waals surface area contributed by atoms with E-state index in [0.29, 0.717) is 0 Å². The fourth-order valence-electron chi connectivity index (χ4n) is 3.16. The van der Waals surface area contributed by atoms with Gasteiger partial charge in [0.1, 0.15) is 0 Å². The van der Waals surface area contributed by atoms with E-state index in [4.69, 9.17) is 0 Å². The average Bonchev–Trinajstić information content (AvgIpc) is 2.69. The molecule has 3 aliphatic rings. The Labute approximate surface area is 69.4 Å². The van der Waals surface area contributed by atoms with Crippen LogP contribution in [0.4, 0.5) is 0 Å². The minimum Gasteiger partial charge on any atom is -0.0522 e. The maximum Gasteiger partial charge on any atom is -0.0297 e. The summed E-state index contributed by atoms with van der Waals surface area (Å²) in [4.78, 5) is 0. The molecule has 0 unspecified atom stereocenters. The summed E-state index contributed by atoms with van der Waals surface area (Å²) in [6.07, 6.45) is 14.2. The van der Waals surface area contributed by atoms with Crippen LogP contribution in [-0.2, 0) is 0 Å². The van der Waals surface area contributed by atoms with Crippen molar-refractivity contribution >= 4 is 0 Å². The first-order valence-corrected chi connectivity index (χ1v) is 5.33. The van der Waals surface area contributed by atoms with Crippen molar-refractivity contribution in [1.29, 1.82) is 0 Å². The van der Waals surface area contributed by atoms with Gasteiger partial charge in [-0.25, -0.2) is 0 Å². The van der Waals surface area contributed by atoms with Gasteiger partial charge in [-0.3, -0.25) is 0 Å². The first-order valence-electron chi connectivity index (χ1n) is 5.33. The van der Waals surface area contributed by atoms with Crippen LogP contribution in [0.3, 0.4) is 0 Å². The van der Waals surface area contributed by atoms with E-state index < -0.39 is 0 Å². The Hall–Kier alpha value is 0. The van der Waals surface area contributed by atoms with Crippen LogP contribution >= 0.6 is 0 Å². The molecule has 0 atom stereocenters. The van der Waals surface area contributed by atoms with Crippen molar-refractivity contribution in [2.45, 2.75) is 57.8 Å². The zero-order valence-electron chi connectivity index (χ0n) is 7.36. The topological polar surface area (TPSA) is 0 Å². The van der Waals surface area contributed by atoms with E-state index in [2.05, 4.69) is 0 Å². The maximum atomic E-state index is 1.59. The quantitative estimate of drug-likeness (QED) is 0.495. The van der Waals surface area contributed by atoms with Crippen LogP contribution in [-0.4, -0.2) is 0 Å². The molecule has 0 aliphatic heterocycles. The van der Waals surface area contributed by atoms with Crippen LogP contribution < -0.4 is 0 Å². The van der Waals surface area contributed by atoms with E-state index in [1.54, 1.807) is 51.4 Å². The van der Waals surface area contributed by atoms with Crippen molar-refractivity contribution in [3.63, 3.8) is 0 Å². The zero-order chi connectivity index (χ0) is 7.36. The van der Waals surface area contributed by atoms with E-state index >= 15 is 0 Å². The third kappa shape index (κ3) is 0.878. The van der Waals surface area contributed by atoms with Crippen LogP contribution in [0, 0.1) is 10.8 Å². The van der Waals surface area contributed by atoms with Gasteiger partial charge in [-0.05, 0) is 62.2 Å². The molecular weight excluding hydrogens is 132 g/mol. The van der Waals surface area contributed by atoms with Gasteiger partial charge in [0.05, 0.1) is 0 Å². The molecule has 0 radical (unpaired) electrons. The predicted octanol–water partition coefficient (Wildman–Crippen LogP) is 3.51. The lowest BCUT2D eigenvalue weighted by Gasteiger charge is -2.47. The third-order valence-electron chi connectivity index (χ3n) is 4.74. The fourth-order valence-corrected chi connectivity index (χ4v) is 3.16. The van der Waals surface area contributed by atoms with Gasteiger partial charge in [-0.2, -0.15) is 0 Å². The van der Waals surface area contributed by atoms with E-state index in [-0.39, 0.29) is 0 Å². The summed E-state index contributed by atoms with van der Waals surface area (Å²) in [7, 11) is 0. The summed E-state index contributed by atoms with van der Waals surface area (Å²) in [5.41, 5.74) is 1.81. The molecule has 3 saturated carbocycles. The summed E-state index contributed by atoms with van der Waals surface area (Å²) < 4.78 is 0. The summed E-state index contributed by atoms with van der Waals surface area (Å²) in [6, 6.07) is 0. The van der Waals surface area contributed by atoms with Crippen molar-refractivity contribution in [2.24, 2.45) is 10.8 Å². The van der Waals surface area contributed by atoms with Crippen LogP contribution in [0.1, 0.15) is 57.8 Å². The SMILES string of the molecule is C1CC2(C1)CCC1(CC2)CC1. The molecule has 0 aromatic heterocycles. The normalized spacial score (nSPS) is 37.1. The molecule has 3 rings (SSSR count). The van der Waals surface area contributed by atoms with Gasteiger partial charge in [0.2, 0.25) is 0 Å². The monoisotopic (exact) mass is 150 g/mol. The van der Waals surface area contributed by atoms with Crippen molar-refractivity contribution in [3.05, 3.63) is 0 Å². The van der Waals surface area contributed by atoms with Gasteiger partial charge in [0.25, 0.3) is 0 Å². The van der Waals surface area contributed by atoms with E-state index in [9.17, 15) is 0 Å². The van der Waals surface area contributed by atoms with Crippen molar-refractivity contribution in [1.82, 2.24) is 0 Å². The highest BCUT2D eigenvalue weighted by molar-refractivity contribution is 5.02. The smallest absolute Gasteiger partial charge is 0.0297 e. The minimum absolute atomic E-state index is 0.897. The lowest BCUT2D eigenvalue weighted by molar-refractivity contribution is 0.0489. The standard InChI is InChI=1S/C11H18/c1-2-10(3-1)4-6-11(7-5-10)8-9-11/h1-9H2. The Morgan fingerprint density at radius 1 is 0.455 bits per heavy atom. The van der Waals surface area contributed by atoms with E-state index in [1.807, 2.05) is 0 Å². The molecule has 0 bridgehead atoms. The van der Waals surface area contributed by atoms with Crippen molar-refractivity contribution in [3.8, 4) is 0 Å². The number of rotatable bonds is 0. The Kier molecular flexibility index (Phi) is 1.09. The summed E-state index contributed by atoms with van der Waals surface area (Å²) in [5.74, 6) is 0. The van der Waals surface area contributed by atoms with Gasteiger partial charge in [0, 0.05) is 0 Å². The summed E-state index contributed by atoms with van der Waals surface area (Å²) in [5, 5.41) is 0. The van der Waals surface area contributed by atoms with Crippen LogP contribution in [0.5, 0.6) is 0 Å². The molecule has 11 heavy (non-hydrogen) atoms. The number of hydrogen-bond acceptors (Lipinski definition) is 0. The summed E-state index contributed by atoms with van der Waals surface area (Å²) >= 11 is 0. The van der Waals surface area contributed by atoms with Gasteiger partial charge in [-0.1, -0.05) is 6.42 Å². The van der Waals surface area contributed by atoms with E-state index in [0.717, 1.165) is 10.8 Å². The third-order valence-corrected chi connectivity index (χ3v) is 4.74. The summed E-state index contributed by atoms with van der Waals surface area (Å²) in [6.45, 7) is 0. The van der Waals surface area contributed by atoms with Crippen molar-refractivity contribution < 1.29 is 0 Å². The molecule has 0 heterocycles. The second-order valence-electron chi connectivity index (χ2n) is 5.35. The minimum atomic E-state index is 0.897. The number of hydrogen-bond donors (Lipinski definition) is 0. The second kappa shape index (κ2) is 1.84. The first kappa shape index (κ1) is 6.51. The molecule has 0 nitrogen and oxygen atoms in total. The maximum absolute atomic E-state index is 1.59. The van der Waals surface area contributed by atoms with Gasteiger partial charge in [-0.15, -0.1) is 0 Å². The highest BCUT2D eigenvalue weighted by Crippen LogP contribution is 2.63. The lowest BCUT2D eigenvalue weighted by Crippen LogP contribution is -2.34. The van der Waals surface area contributed by atoms with Gasteiger partial charge >= 0.3 is 0 Å². The van der Waals surface area contributed by atoms with Crippen LogP contribution in [0.15, 0.2) is 0 Å². The highest BCUT2D eigenvalue weighted by atomic mass is 14.6. The van der Waals surface area contributed by atoms with E-state index in [1.165, 1.54) is 6.42 Å². The molecule has 0 aromatic carbocycles. The van der Waals surface area contributed by atoms with Crippen LogP contribution in [0.25, 0.3) is 0 Å². The Morgan fingerprint density at radius 3 is 1.09 bits per heavy atom. The first-order chi connectivity index (χ1) is 5.33. The Morgan fingerprint density at radius 2 is 0.818 bits per heavy atom. The molecule has 0 aromatic rings. The van der Waals surface area contributed by atoms with Gasteiger partial charge in [0.15, 0.2) is 0 Å². The molecule has 0 N–H and O–H groups in total. The fraction of sp³-hybridized carbons (Fsp3) is 1.00. The average molecular weight is 150 g/mol. The largest absolute Gasteiger partial charge is 0.0522 e. The Bertz CT molecular complexity index is 160. The molecule has 0 heteroatoms. The molecule has 0 saturated heterocycles. The van der Waals surface area contributed by atoms with Crippen LogP contribution in [0.2, 0.25) is 0 Å². The molecule has 0 amide bonds. The molecule has 3 fully saturated rings. The van der Waals surface area contributed by atoms with Crippen molar-refractivity contribution in [2.75, 3.05) is 0 Å². The molecule has 62 valence electrons. The zero-order valence-corrected chi connectivity index (χ0v) is 7.36. The molecule has 2 spiro atoms. The molecular formula is C11H18. The van der Waals surface area contributed by atoms with Gasteiger partial charge < -0.3 is 0 Å². The highest BCUT2D eigenvalue weighted by Gasteiger charge is 2.50. The lowest BCUT2D eigenvalue weighted by atomic mass is 9.58. The predicted molar refractivity (Wildman–Crippen MR) is 46.4 cm³/mol. The second-order valence-corrected chi connectivity index (χ2v) is 5.35. The molecule has 3 aliphatic carbocycles. The Balaban J connectivity index is 1.68.